The molecule has 0 heterocycles. The summed E-state index contributed by atoms with van der Waals surface area (Å²) in [5, 5.41) is 0. The highest BCUT2D eigenvalue weighted by atomic mass is 127. The number of hydrogen-bond donors (Lipinski definition) is 0. The molecule has 198 valence electrons. The Balaban J connectivity index is 1.69. The van der Waals surface area contributed by atoms with Gasteiger partial charge in [-0.2, -0.15) is 0 Å². The topological polar surface area (TPSA) is 60.4 Å². The summed E-state index contributed by atoms with van der Waals surface area (Å²) in [6.07, 6.45) is 10.4. The number of Topliss-reactive ketones (excluding diaryl/α,β-unsaturated/α-hetero) is 1. The van der Waals surface area contributed by atoms with Crippen molar-refractivity contribution in [2.45, 2.75) is 93.4 Å². The Morgan fingerprint density at radius 2 is 1.61 bits per heavy atom. The molecule has 2 unspecified atom stereocenters. The molecule has 0 amide bonds. The minimum Gasteiger partial charge on any atom is -0.469 e. The second kappa shape index (κ2) is 7.79. The van der Waals surface area contributed by atoms with Crippen molar-refractivity contribution in [1.29, 1.82) is 0 Å². The van der Waals surface area contributed by atoms with E-state index in [1.165, 1.54) is 12.7 Å². The molecule has 0 N–H and O–H groups in total. The standard InChI is InChI=1S/C31H43IO4/c1-26(2)11-13-31(25(35)36-8)14-12-30(7)23(18(31)16-26)20(33)15-22-28(5)17-19(32)24(34)27(3,4)21(28)9-10-29(22,30)6/h15,17-18,21,23H,9-14,16H2,1-8H3/t18?,21-,23?,28-,29+,30+,31-/m0/s1. The largest absolute Gasteiger partial charge is 0.469 e. The Kier molecular flexibility index (Phi) is 5.76. The van der Waals surface area contributed by atoms with E-state index in [1.807, 2.05) is 6.08 Å². The fraction of sp³-hybridized carbons (Fsp3) is 0.774. The van der Waals surface area contributed by atoms with Gasteiger partial charge in [-0.05, 0) is 102 Å². The van der Waals surface area contributed by atoms with E-state index in [-0.39, 0.29) is 56.9 Å². The first-order chi connectivity index (χ1) is 16.5. The molecule has 7 atom stereocenters. The van der Waals surface area contributed by atoms with Crippen LogP contribution >= 0.6 is 22.6 Å². The van der Waals surface area contributed by atoms with Gasteiger partial charge in [0.1, 0.15) is 0 Å². The van der Waals surface area contributed by atoms with E-state index in [2.05, 4.69) is 77.1 Å². The third-order valence-corrected chi connectivity index (χ3v) is 13.1. The number of ketones is 2. The number of rotatable bonds is 1. The van der Waals surface area contributed by atoms with Crippen LogP contribution in [0.5, 0.6) is 0 Å². The molecule has 0 aromatic rings. The first kappa shape index (κ1) is 26.6. The number of esters is 1. The zero-order valence-corrected chi connectivity index (χ0v) is 25.5. The molecule has 0 aromatic carbocycles. The van der Waals surface area contributed by atoms with Gasteiger partial charge < -0.3 is 4.74 Å². The predicted octanol–water partition coefficient (Wildman–Crippen LogP) is 7.25. The van der Waals surface area contributed by atoms with Crippen molar-refractivity contribution in [3.8, 4) is 0 Å². The van der Waals surface area contributed by atoms with Crippen LogP contribution in [0.2, 0.25) is 0 Å². The first-order valence-corrected chi connectivity index (χ1v) is 14.9. The quantitative estimate of drug-likeness (QED) is 0.233. The Morgan fingerprint density at radius 1 is 0.972 bits per heavy atom. The molecule has 4 nitrogen and oxygen atoms in total. The maximum Gasteiger partial charge on any atom is 0.312 e. The van der Waals surface area contributed by atoms with Gasteiger partial charge >= 0.3 is 5.97 Å². The lowest BCUT2D eigenvalue weighted by molar-refractivity contribution is -0.191. The van der Waals surface area contributed by atoms with Crippen LogP contribution in [0.3, 0.4) is 0 Å². The molecule has 0 aromatic heterocycles. The van der Waals surface area contributed by atoms with Crippen LogP contribution in [-0.2, 0) is 19.1 Å². The first-order valence-electron chi connectivity index (χ1n) is 13.8. The minimum absolute atomic E-state index is 0.000146. The molecule has 36 heavy (non-hydrogen) atoms. The second-order valence-corrected chi connectivity index (χ2v) is 15.9. The molecule has 5 aliphatic rings. The summed E-state index contributed by atoms with van der Waals surface area (Å²) in [5.41, 5.74) is -0.405. The Hall–Kier alpha value is -0.980. The van der Waals surface area contributed by atoms with Crippen LogP contribution in [0.1, 0.15) is 93.4 Å². The van der Waals surface area contributed by atoms with Gasteiger partial charge in [0, 0.05) is 16.7 Å². The van der Waals surface area contributed by atoms with Gasteiger partial charge in [-0.3, -0.25) is 14.4 Å². The van der Waals surface area contributed by atoms with Gasteiger partial charge in [0.05, 0.1) is 16.1 Å². The molecular weight excluding hydrogens is 563 g/mol. The Labute approximate surface area is 230 Å². The average molecular weight is 607 g/mol. The van der Waals surface area contributed by atoms with Crippen LogP contribution in [0, 0.1) is 50.2 Å². The lowest BCUT2D eigenvalue weighted by Crippen LogP contribution is -2.65. The average Bonchev–Trinajstić information content (AvgIpc) is 2.78. The summed E-state index contributed by atoms with van der Waals surface area (Å²) in [6, 6.07) is 0. The van der Waals surface area contributed by atoms with Gasteiger partial charge in [-0.15, -0.1) is 0 Å². The van der Waals surface area contributed by atoms with Gasteiger partial charge in [-0.25, -0.2) is 0 Å². The van der Waals surface area contributed by atoms with E-state index in [0.717, 1.165) is 48.5 Å². The van der Waals surface area contributed by atoms with Crippen molar-refractivity contribution in [2.75, 3.05) is 7.11 Å². The molecule has 0 bridgehead atoms. The third kappa shape index (κ3) is 3.13. The molecule has 3 fully saturated rings. The number of methoxy groups -OCH3 is 1. The summed E-state index contributed by atoms with van der Waals surface area (Å²) in [5.74, 6) is 0.306. The number of fused-ring (bicyclic) bond motifs is 7. The van der Waals surface area contributed by atoms with E-state index in [4.69, 9.17) is 4.74 Å². The molecule has 5 rings (SSSR count). The highest BCUT2D eigenvalue weighted by Gasteiger charge is 2.71. The smallest absolute Gasteiger partial charge is 0.312 e. The Bertz CT molecular complexity index is 1110. The maximum atomic E-state index is 14.4. The lowest BCUT2D eigenvalue weighted by atomic mass is 9.34. The van der Waals surface area contributed by atoms with Crippen LogP contribution in [0.4, 0.5) is 0 Å². The maximum absolute atomic E-state index is 14.4. The summed E-state index contributed by atoms with van der Waals surface area (Å²) < 4.78 is 6.22. The molecule has 0 aliphatic heterocycles. The number of halogens is 1. The zero-order valence-electron chi connectivity index (χ0n) is 23.3. The molecule has 5 heteroatoms. The highest BCUT2D eigenvalue weighted by Crippen LogP contribution is 2.74. The van der Waals surface area contributed by atoms with Crippen molar-refractivity contribution in [2.24, 2.45) is 50.2 Å². The monoisotopic (exact) mass is 606 g/mol. The SMILES string of the molecule is COC(=O)[C@]12CCC(C)(C)CC1C1C(=O)C=C3[C@@]4(C)C=C(I)C(=O)C(C)(C)[C@@H]4CC[C@@]3(C)[C@]1(C)CC2. The summed E-state index contributed by atoms with van der Waals surface area (Å²) in [7, 11) is 1.51. The molecular formula is C31H43IO4. The van der Waals surface area contributed by atoms with Crippen LogP contribution < -0.4 is 0 Å². The molecule has 0 saturated heterocycles. The number of hydrogen-bond acceptors (Lipinski definition) is 4. The van der Waals surface area contributed by atoms with Crippen LogP contribution in [0.15, 0.2) is 21.3 Å². The highest BCUT2D eigenvalue weighted by molar-refractivity contribution is 14.1. The molecule has 0 radical (unpaired) electrons. The van der Waals surface area contributed by atoms with Crippen molar-refractivity contribution in [3.63, 3.8) is 0 Å². The summed E-state index contributed by atoms with van der Waals surface area (Å²) >= 11 is 2.21. The van der Waals surface area contributed by atoms with E-state index in [0.29, 0.717) is 0 Å². The van der Waals surface area contributed by atoms with Crippen LogP contribution in [0.25, 0.3) is 0 Å². The molecule has 0 spiro atoms. The van der Waals surface area contributed by atoms with Crippen molar-refractivity contribution >= 4 is 40.1 Å². The van der Waals surface area contributed by atoms with E-state index >= 15 is 0 Å². The second-order valence-electron chi connectivity index (χ2n) is 14.7. The summed E-state index contributed by atoms with van der Waals surface area (Å²) in [6.45, 7) is 15.8. The molecule has 3 saturated carbocycles. The van der Waals surface area contributed by atoms with Crippen molar-refractivity contribution < 1.29 is 19.1 Å². The normalized spacial score (nSPS) is 46.9. The number of ether oxygens (including phenoxy) is 1. The fourth-order valence-corrected chi connectivity index (χ4v) is 11.4. The number of allylic oxidation sites excluding steroid dienone is 4. The van der Waals surface area contributed by atoms with Crippen LogP contribution in [-0.4, -0.2) is 24.6 Å². The number of carbonyl (C=O) groups excluding carboxylic acids is 3. The zero-order chi connectivity index (χ0) is 26.7. The van der Waals surface area contributed by atoms with E-state index in [9.17, 15) is 14.4 Å². The van der Waals surface area contributed by atoms with Crippen molar-refractivity contribution in [1.82, 2.24) is 0 Å². The molecule has 5 aliphatic carbocycles. The van der Waals surface area contributed by atoms with E-state index < -0.39 is 10.8 Å². The van der Waals surface area contributed by atoms with E-state index in [1.54, 1.807) is 0 Å². The third-order valence-electron chi connectivity index (χ3n) is 12.3. The lowest BCUT2D eigenvalue weighted by Gasteiger charge is -2.68. The fourth-order valence-electron chi connectivity index (χ4n) is 10.0. The minimum atomic E-state index is -0.554. The Morgan fingerprint density at radius 3 is 2.25 bits per heavy atom. The summed E-state index contributed by atoms with van der Waals surface area (Å²) in [4.78, 5) is 40.9. The predicted molar refractivity (Wildman–Crippen MR) is 149 cm³/mol. The number of carbonyl (C=O) groups is 3. The van der Waals surface area contributed by atoms with Gasteiger partial charge in [0.2, 0.25) is 0 Å². The van der Waals surface area contributed by atoms with Crippen molar-refractivity contribution in [3.05, 3.63) is 21.3 Å². The van der Waals surface area contributed by atoms with Gasteiger partial charge in [0.15, 0.2) is 11.6 Å². The van der Waals surface area contributed by atoms with Gasteiger partial charge in [-0.1, -0.05) is 60.1 Å². The van der Waals surface area contributed by atoms with Gasteiger partial charge in [0.25, 0.3) is 0 Å².